The monoisotopic (exact) mass is 529 g/mol. The van der Waals surface area contributed by atoms with E-state index < -0.39 is 23.9 Å². The fourth-order valence-corrected chi connectivity index (χ4v) is 4.95. The quantitative estimate of drug-likeness (QED) is 0.214. The molecule has 11 heteroatoms. The van der Waals surface area contributed by atoms with Crippen LogP contribution in [0.5, 0.6) is 0 Å². The highest BCUT2D eigenvalue weighted by atomic mass is 16.5. The summed E-state index contributed by atoms with van der Waals surface area (Å²) in [6.45, 7) is 1.04. The third-order valence-electron chi connectivity index (χ3n) is 6.99. The number of imidazole rings is 1. The molecule has 1 aliphatic carbocycles. The number of nitrogens with zero attached hydrogens (tertiary/aromatic N) is 2. The third-order valence-corrected chi connectivity index (χ3v) is 6.99. The van der Waals surface area contributed by atoms with Gasteiger partial charge in [0.2, 0.25) is 5.91 Å². The molecule has 11 nitrogen and oxygen atoms in total. The van der Waals surface area contributed by atoms with E-state index >= 15 is 0 Å². The van der Waals surface area contributed by atoms with Gasteiger partial charge in [0.15, 0.2) is 0 Å². The molecule has 1 unspecified atom stereocenters. The van der Waals surface area contributed by atoms with Gasteiger partial charge in [-0.15, -0.1) is 0 Å². The van der Waals surface area contributed by atoms with Crippen molar-refractivity contribution in [1.82, 2.24) is 20.2 Å². The molecule has 2 amide bonds. The van der Waals surface area contributed by atoms with Crippen LogP contribution < -0.4 is 16.4 Å². The number of carbonyl (C=O) groups is 4. The number of ether oxygens (including phenoxy) is 1. The van der Waals surface area contributed by atoms with Crippen molar-refractivity contribution in [2.45, 2.75) is 76.8 Å². The highest BCUT2D eigenvalue weighted by Gasteiger charge is 2.25. The number of nitrogens with two attached hydrogens (primary N) is 1. The Morgan fingerprint density at radius 2 is 1.92 bits per heavy atom. The lowest BCUT2D eigenvalue weighted by atomic mass is 9.89. The Balaban J connectivity index is 1.95. The number of hydrogen-bond acceptors (Lipinski definition) is 7. The van der Waals surface area contributed by atoms with E-state index in [1.165, 1.54) is 26.4 Å². The first-order valence-electron chi connectivity index (χ1n) is 13.4. The number of carboxylic acid groups (broad SMARTS) is 1. The number of methoxy groups -OCH3 is 1. The lowest BCUT2D eigenvalue weighted by Gasteiger charge is -2.25. The molecule has 1 atom stereocenters. The van der Waals surface area contributed by atoms with Crippen LogP contribution in [0.3, 0.4) is 0 Å². The average molecular weight is 530 g/mol. The number of carboxylic acids is 1. The van der Waals surface area contributed by atoms with Gasteiger partial charge in [0.05, 0.1) is 30.6 Å². The van der Waals surface area contributed by atoms with Crippen LogP contribution in [0.25, 0.3) is 11.0 Å². The van der Waals surface area contributed by atoms with E-state index in [2.05, 4.69) is 19.9 Å². The minimum absolute atomic E-state index is 0.115. The molecule has 0 saturated heterocycles. The number of esters is 1. The molecule has 0 radical (unpaired) electrons. The van der Waals surface area contributed by atoms with Gasteiger partial charge in [0.1, 0.15) is 12.4 Å². The van der Waals surface area contributed by atoms with Crippen molar-refractivity contribution in [3.63, 3.8) is 0 Å². The zero-order chi connectivity index (χ0) is 27.5. The van der Waals surface area contributed by atoms with Gasteiger partial charge in [-0.05, 0) is 62.8 Å². The predicted octanol–water partition coefficient (Wildman–Crippen LogP) is 2.67. The van der Waals surface area contributed by atoms with E-state index in [9.17, 15) is 19.2 Å². The smallest absolute Gasteiger partial charge is 0.325 e. The maximum absolute atomic E-state index is 12.6. The van der Waals surface area contributed by atoms with Crippen molar-refractivity contribution in [2.24, 2.45) is 11.7 Å². The average Bonchev–Trinajstić information content (AvgIpc) is 3.27. The zero-order valence-electron chi connectivity index (χ0n) is 22.0. The molecular weight excluding hydrogens is 490 g/mol. The fourth-order valence-electron chi connectivity index (χ4n) is 4.95. The van der Waals surface area contributed by atoms with Crippen LogP contribution in [0.2, 0.25) is 0 Å². The topological polar surface area (TPSA) is 166 Å². The third kappa shape index (κ3) is 8.27. The summed E-state index contributed by atoms with van der Waals surface area (Å²) in [6, 6.07) is 4.82. The number of hydrogen-bond donors (Lipinski definition) is 4. The van der Waals surface area contributed by atoms with Gasteiger partial charge in [0.25, 0.3) is 5.91 Å². The number of benzene rings is 1. The summed E-state index contributed by atoms with van der Waals surface area (Å²) < 4.78 is 6.73. The van der Waals surface area contributed by atoms with Gasteiger partial charge < -0.3 is 30.8 Å². The lowest BCUT2D eigenvalue weighted by Crippen LogP contribution is -2.31. The SMILES string of the molecule is COC(=O)CNC(=O)c1ccc2c(c1)nc(C(CCCCN)NC(=O)CCC(=O)O)n2CC1CCCCC1. The highest BCUT2D eigenvalue weighted by molar-refractivity contribution is 5.98. The zero-order valence-corrected chi connectivity index (χ0v) is 22.0. The van der Waals surface area contributed by atoms with Crippen molar-refractivity contribution in [2.75, 3.05) is 20.2 Å². The number of unbranched alkanes of at least 4 members (excludes halogenated alkanes) is 1. The number of fused-ring (bicyclic) bond motifs is 1. The molecule has 208 valence electrons. The van der Waals surface area contributed by atoms with Gasteiger partial charge in [-0.2, -0.15) is 0 Å². The second kappa shape index (κ2) is 14.5. The predicted molar refractivity (Wildman–Crippen MR) is 141 cm³/mol. The Hall–Kier alpha value is -3.47. The molecule has 5 N–H and O–H groups in total. The summed E-state index contributed by atoms with van der Waals surface area (Å²) in [7, 11) is 1.26. The van der Waals surface area contributed by atoms with Crippen molar-refractivity contribution < 1.29 is 29.0 Å². The number of amides is 2. The first-order chi connectivity index (χ1) is 18.3. The van der Waals surface area contributed by atoms with Gasteiger partial charge in [0, 0.05) is 18.5 Å². The number of aromatic nitrogens is 2. The minimum Gasteiger partial charge on any atom is -0.481 e. The molecule has 0 bridgehead atoms. The van der Waals surface area contributed by atoms with Crippen molar-refractivity contribution in [3.8, 4) is 0 Å². The Morgan fingerprint density at radius 3 is 2.61 bits per heavy atom. The van der Waals surface area contributed by atoms with Crippen LogP contribution >= 0.6 is 0 Å². The second-order valence-electron chi connectivity index (χ2n) is 9.85. The van der Waals surface area contributed by atoms with E-state index in [1.807, 2.05) is 6.07 Å². The van der Waals surface area contributed by atoms with E-state index in [0.717, 1.165) is 37.7 Å². The number of aliphatic carboxylic acids is 1. The Morgan fingerprint density at radius 1 is 1.16 bits per heavy atom. The Labute approximate surface area is 222 Å². The summed E-state index contributed by atoms with van der Waals surface area (Å²) in [4.78, 5) is 52.6. The van der Waals surface area contributed by atoms with Crippen LogP contribution in [-0.2, 0) is 25.7 Å². The Kier molecular flexibility index (Phi) is 11.1. The standard InChI is InChI=1S/C27H39N5O6/c1-38-25(36)16-29-27(37)19-10-11-22-21(15-19)31-26(32(22)17-18-7-3-2-4-8-18)20(9-5-6-14-28)30-23(33)12-13-24(34)35/h10-11,15,18,20H,2-9,12-14,16-17,28H2,1H3,(H,29,37)(H,30,33)(H,34,35). The first kappa shape index (κ1) is 29.1. The summed E-state index contributed by atoms with van der Waals surface area (Å²) in [5.41, 5.74) is 7.54. The van der Waals surface area contributed by atoms with Crippen LogP contribution in [-0.4, -0.2) is 58.6 Å². The molecule has 3 rings (SSSR count). The molecule has 1 saturated carbocycles. The van der Waals surface area contributed by atoms with Gasteiger partial charge in [-0.1, -0.05) is 19.3 Å². The fraction of sp³-hybridized carbons (Fsp3) is 0.593. The van der Waals surface area contributed by atoms with E-state index in [1.54, 1.807) is 12.1 Å². The molecule has 1 heterocycles. The largest absolute Gasteiger partial charge is 0.481 e. The molecule has 1 aliphatic rings. The van der Waals surface area contributed by atoms with Crippen LogP contribution in [0.1, 0.15) is 86.4 Å². The number of carbonyl (C=O) groups excluding carboxylic acids is 3. The maximum Gasteiger partial charge on any atom is 0.325 e. The molecule has 1 aromatic carbocycles. The lowest BCUT2D eigenvalue weighted by molar-refractivity contribution is -0.139. The second-order valence-corrected chi connectivity index (χ2v) is 9.85. The highest BCUT2D eigenvalue weighted by Crippen LogP contribution is 2.31. The molecule has 1 fully saturated rings. The molecule has 1 aromatic heterocycles. The van der Waals surface area contributed by atoms with Crippen molar-refractivity contribution in [3.05, 3.63) is 29.6 Å². The van der Waals surface area contributed by atoms with Crippen LogP contribution in [0.15, 0.2) is 18.2 Å². The van der Waals surface area contributed by atoms with Crippen molar-refractivity contribution in [1.29, 1.82) is 0 Å². The summed E-state index contributed by atoms with van der Waals surface area (Å²) >= 11 is 0. The molecule has 38 heavy (non-hydrogen) atoms. The maximum atomic E-state index is 12.6. The van der Waals surface area contributed by atoms with E-state index in [4.69, 9.17) is 15.8 Å². The van der Waals surface area contributed by atoms with E-state index in [-0.39, 0.29) is 25.3 Å². The molecule has 2 aromatic rings. The van der Waals surface area contributed by atoms with E-state index in [0.29, 0.717) is 35.8 Å². The van der Waals surface area contributed by atoms with Crippen LogP contribution in [0.4, 0.5) is 0 Å². The number of nitrogens with one attached hydrogen (secondary N) is 2. The van der Waals surface area contributed by atoms with Gasteiger partial charge >= 0.3 is 11.9 Å². The van der Waals surface area contributed by atoms with Gasteiger partial charge in [-0.3, -0.25) is 19.2 Å². The van der Waals surface area contributed by atoms with Crippen LogP contribution in [0, 0.1) is 5.92 Å². The minimum atomic E-state index is -1.03. The van der Waals surface area contributed by atoms with Crippen molar-refractivity contribution >= 4 is 34.8 Å². The number of rotatable bonds is 14. The molecular formula is C27H39N5O6. The van der Waals surface area contributed by atoms with Gasteiger partial charge in [-0.25, -0.2) is 4.98 Å². The summed E-state index contributed by atoms with van der Waals surface area (Å²) in [6.07, 6.45) is 7.65. The normalized spacial score (nSPS) is 14.7. The summed E-state index contributed by atoms with van der Waals surface area (Å²) in [5, 5.41) is 14.5. The summed E-state index contributed by atoms with van der Waals surface area (Å²) in [5.74, 6) is -1.15. The molecule has 0 spiro atoms. The Bertz CT molecular complexity index is 1120. The first-order valence-corrected chi connectivity index (χ1v) is 13.4. The molecule has 0 aliphatic heterocycles.